The monoisotopic (exact) mass is 217 g/mol. The molecule has 1 fully saturated rings. The number of hydrogen-bond acceptors (Lipinski definition) is 4. The number of ether oxygens (including phenoxy) is 2. The van der Waals surface area contributed by atoms with Crippen LogP contribution in [-0.2, 0) is 9.47 Å². The Labute approximate surface area is 92.2 Å². The third kappa shape index (κ3) is 4.07. The zero-order valence-electron chi connectivity index (χ0n) is 10.0. The number of aliphatic hydroxyl groups is 1. The van der Waals surface area contributed by atoms with E-state index in [1.165, 1.54) is 0 Å². The van der Waals surface area contributed by atoms with Crippen LogP contribution in [0.5, 0.6) is 0 Å². The Morgan fingerprint density at radius 1 is 1.47 bits per heavy atom. The molecule has 0 amide bonds. The third-order valence-corrected chi connectivity index (χ3v) is 2.80. The predicted molar refractivity (Wildman–Crippen MR) is 59.0 cm³/mol. The number of hydrogen-bond donors (Lipinski definition) is 1. The lowest BCUT2D eigenvalue weighted by Gasteiger charge is -2.44. The summed E-state index contributed by atoms with van der Waals surface area (Å²) in [6.07, 6.45) is 0.302. The Balaban J connectivity index is 2.30. The van der Waals surface area contributed by atoms with Gasteiger partial charge in [-0.05, 0) is 20.8 Å². The molecule has 1 aliphatic rings. The van der Waals surface area contributed by atoms with E-state index < -0.39 is 0 Å². The maximum Gasteiger partial charge on any atom is 0.0698 e. The molecule has 4 heteroatoms. The first-order valence-electron chi connectivity index (χ1n) is 5.61. The molecule has 0 aromatic rings. The molecule has 1 atom stereocenters. The lowest BCUT2D eigenvalue weighted by atomic mass is 10.0. The van der Waals surface area contributed by atoms with E-state index in [0.29, 0.717) is 19.3 Å². The summed E-state index contributed by atoms with van der Waals surface area (Å²) < 4.78 is 10.9. The van der Waals surface area contributed by atoms with Crippen molar-refractivity contribution in [1.29, 1.82) is 0 Å². The summed E-state index contributed by atoms with van der Waals surface area (Å²) in [4.78, 5) is 2.39. The predicted octanol–water partition coefficient (Wildman–Crippen LogP) is 0.495. The van der Waals surface area contributed by atoms with Crippen molar-refractivity contribution in [3.05, 3.63) is 0 Å². The van der Waals surface area contributed by atoms with Crippen molar-refractivity contribution < 1.29 is 14.6 Å². The van der Waals surface area contributed by atoms with Crippen LogP contribution in [0.15, 0.2) is 0 Å². The molecule has 90 valence electrons. The summed E-state index contributed by atoms with van der Waals surface area (Å²) in [6.45, 7) is 10.3. The summed E-state index contributed by atoms with van der Waals surface area (Å²) in [5.41, 5.74) is 0.0923. The highest BCUT2D eigenvalue weighted by Gasteiger charge is 2.32. The van der Waals surface area contributed by atoms with Crippen molar-refractivity contribution in [2.24, 2.45) is 0 Å². The minimum absolute atomic E-state index is 0.0923. The molecule has 1 heterocycles. The third-order valence-electron chi connectivity index (χ3n) is 2.80. The molecule has 0 aliphatic carbocycles. The summed E-state index contributed by atoms with van der Waals surface area (Å²) >= 11 is 0. The van der Waals surface area contributed by atoms with Gasteiger partial charge in [0.05, 0.1) is 32.5 Å². The highest BCUT2D eigenvalue weighted by atomic mass is 16.5. The summed E-state index contributed by atoms with van der Waals surface area (Å²) in [5.74, 6) is 0. The molecule has 1 aliphatic heterocycles. The standard InChI is InChI=1S/C11H23NO3/c1-10-8-12(4-6-14-7-5-13)11(2,3)9-15-10/h10,13H,4-9H2,1-3H3. The van der Waals surface area contributed by atoms with E-state index in [4.69, 9.17) is 14.6 Å². The molecule has 0 radical (unpaired) electrons. The Kier molecular flexibility index (Phi) is 4.99. The fraction of sp³-hybridized carbons (Fsp3) is 1.00. The van der Waals surface area contributed by atoms with Crippen LogP contribution in [0.2, 0.25) is 0 Å². The topological polar surface area (TPSA) is 41.9 Å². The molecular formula is C11H23NO3. The van der Waals surface area contributed by atoms with Crippen LogP contribution in [0.4, 0.5) is 0 Å². The fourth-order valence-electron chi connectivity index (χ4n) is 1.78. The summed E-state index contributed by atoms with van der Waals surface area (Å²) in [6, 6.07) is 0. The van der Waals surface area contributed by atoms with E-state index in [1.807, 2.05) is 0 Å². The van der Waals surface area contributed by atoms with Crippen LogP contribution >= 0.6 is 0 Å². The van der Waals surface area contributed by atoms with Crippen LogP contribution in [0.25, 0.3) is 0 Å². The first kappa shape index (κ1) is 12.9. The van der Waals surface area contributed by atoms with Gasteiger partial charge in [0.25, 0.3) is 0 Å². The van der Waals surface area contributed by atoms with Crippen molar-refractivity contribution in [1.82, 2.24) is 4.90 Å². The van der Waals surface area contributed by atoms with Gasteiger partial charge in [-0.25, -0.2) is 0 Å². The summed E-state index contributed by atoms with van der Waals surface area (Å²) in [5, 5.41) is 8.59. The maximum absolute atomic E-state index is 8.59. The molecule has 0 aromatic heterocycles. The number of nitrogens with zero attached hydrogens (tertiary/aromatic N) is 1. The van der Waals surface area contributed by atoms with Gasteiger partial charge in [-0.15, -0.1) is 0 Å². The molecule has 0 saturated carbocycles. The van der Waals surface area contributed by atoms with Crippen molar-refractivity contribution in [2.45, 2.75) is 32.4 Å². The van der Waals surface area contributed by atoms with Gasteiger partial charge in [-0.1, -0.05) is 0 Å². The van der Waals surface area contributed by atoms with Crippen LogP contribution < -0.4 is 0 Å². The lowest BCUT2D eigenvalue weighted by Crippen LogP contribution is -2.56. The highest BCUT2D eigenvalue weighted by Crippen LogP contribution is 2.21. The Hall–Kier alpha value is -0.160. The SMILES string of the molecule is CC1CN(CCOCCO)C(C)(C)CO1. The van der Waals surface area contributed by atoms with Gasteiger partial charge in [-0.3, -0.25) is 4.90 Å². The molecule has 1 rings (SSSR count). The van der Waals surface area contributed by atoms with Crippen molar-refractivity contribution in [3.8, 4) is 0 Å². The van der Waals surface area contributed by atoms with Crippen LogP contribution in [-0.4, -0.2) is 61.2 Å². The fourth-order valence-corrected chi connectivity index (χ4v) is 1.78. The van der Waals surface area contributed by atoms with Crippen LogP contribution in [0, 0.1) is 0 Å². The molecule has 15 heavy (non-hydrogen) atoms. The van der Waals surface area contributed by atoms with Gasteiger partial charge in [-0.2, -0.15) is 0 Å². The Morgan fingerprint density at radius 2 is 2.20 bits per heavy atom. The smallest absolute Gasteiger partial charge is 0.0698 e. The Morgan fingerprint density at radius 3 is 2.87 bits per heavy atom. The number of rotatable bonds is 5. The first-order valence-corrected chi connectivity index (χ1v) is 5.61. The number of morpholine rings is 1. The normalized spacial score (nSPS) is 26.8. The molecule has 0 bridgehead atoms. The molecule has 1 unspecified atom stereocenters. The minimum Gasteiger partial charge on any atom is -0.394 e. The lowest BCUT2D eigenvalue weighted by molar-refractivity contribution is -0.0979. The van der Waals surface area contributed by atoms with Crippen LogP contribution in [0.3, 0.4) is 0 Å². The van der Waals surface area contributed by atoms with E-state index >= 15 is 0 Å². The van der Waals surface area contributed by atoms with Crippen molar-refractivity contribution in [3.63, 3.8) is 0 Å². The summed E-state index contributed by atoms with van der Waals surface area (Å²) in [7, 11) is 0. The molecule has 0 aromatic carbocycles. The quantitative estimate of drug-likeness (QED) is 0.681. The van der Waals surface area contributed by atoms with Gasteiger partial charge < -0.3 is 14.6 Å². The van der Waals surface area contributed by atoms with E-state index in [1.54, 1.807) is 0 Å². The second-order valence-electron chi connectivity index (χ2n) is 4.72. The van der Waals surface area contributed by atoms with Gasteiger partial charge in [0.1, 0.15) is 0 Å². The van der Waals surface area contributed by atoms with Gasteiger partial charge in [0, 0.05) is 18.6 Å². The number of aliphatic hydroxyl groups excluding tert-OH is 1. The minimum atomic E-state index is 0.0923. The molecule has 1 saturated heterocycles. The van der Waals surface area contributed by atoms with Gasteiger partial charge >= 0.3 is 0 Å². The zero-order chi connectivity index (χ0) is 11.3. The zero-order valence-corrected chi connectivity index (χ0v) is 10.0. The molecule has 0 spiro atoms. The largest absolute Gasteiger partial charge is 0.394 e. The van der Waals surface area contributed by atoms with Crippen molar-refractivity contribution in [2.75, 3.05) is 39.5 Å². The van der Waals surface area contributed by atoms with Gasteiger partial charge in [0.15, 0.2) is 0 Å². The average molecular weight is 217 g/mol. The van der Waals surface area contributed by atoms with Gasteiger partial charge in [0.2, 0.25) is 0 Å². The maximum atomic E-state index is 8.59. The van der Waals surface area contributed by atoms with E-state index in [9.17, 15) is 0 Å². The molecule has 4 nitrogen and oxygen atoms in total. The van der Waals surface area contributed by atoms with Crippen molar-refractivity contribution >= 4 is 0 Å². The molecular weight excluding hydrogens is 194 g/mol. The van der Waals surface area contributed by atoms with Crippen LogP contribution in [0.1, 0.15) is 20.8 Å². The first-order chi connectivity index (χ1) is 7.06. The average Bonchev–Trinajstić information content (AvgIpc) is 2.18. The molecule has 1 N–H and O–H groups in total. The van der Waals surface area contributed by atoms with E-state index in [2.05, 4.69) is 25.7 Å². The highest BCUT2D eigenvalue weighted by molar-refractivity contribution is 4.86. The second kappa shape index (κ2) is 5.80. The Bertz CT molecular complexity index is 185. The second-order valence-corrected chi connectivity index (χ2v) is 4.72. The van der Waals surface area contributed by atoms with E-state index in [-0.39, 0.29) is 12.1 Å². The van der Waals surface area contributed by atoms with E-state index in [0.717, 1.165) is 19.7 Å².